The molecular formula is C13H20N2O4S. The smallest absolute Gasteiger partial charge is 0.303 e. The lowest BCUT2D eigenvalue weighted by atomic mass is 10.1. The second kappa shape index (κ2) is 7.37. The van der Waals surface area contributed by atoms with Gasteiger partial charge in [0.2, 0.25) is 10.0 Å². The van der Waals surface area contributed by atoms with Crippen molar-refractivity contribution in [2.24, 2.45) is 0 Å². The van der Waals surface area contributed by atoms with Crippen LogP contribution in [0, 0.1) is 0 Å². The quantitative estimate of drug-likeness (QED) is 0.732. The van der Waals surface area contributed by atoms with Crippen LogP contribution in [0.3, 0.4) is 0 Å². The van der Waals surface area contributed by atoms with Gasteiger partial charge in [-0.15, -0.1) is 0 Å². The fourth-order valence-electron chi connectivity index (χ4n) is 1.65. The molecule has 1 aromatic carbocycles. The van der Waals surface area contributed by atoms with E-state index >= 15 is 0 Å². The number of hydrogen-bond acceptors (Lipinski definition) is 4. The van der Waals surface area contributed by atoms with Crippen LogP contribution in [-0.2, 0) is 21.2 Å². The molecule has 0 fully saturated rings. The molecule has 0 spiro atoms. The van der Waals surface area contributed by atoms with Gasteiger partial charge in [-0.05, 0) is 31.2 Å². The van der Waals surface area contributed by atoms with Crippen molar-refractivity contribution in [1.29, 1.82) is 0 Å². The van der Waals surface area contributed by atoms with Crippen molar-refractivity contribution in [3.05, 3.63) is 29.8 Å². The number of nitrogens with zero attached hydrogens (tertiary/aromatic N) is 1. The largest absolute Gasteiger partial charge is 0.481 e. The van der Waals surface area contributed by atoms with Gasteiger partial charge in [0.05, 0.1) is 4.90 Å². The van der Waals surface area contributed by atoms with E-state index in [2.05, 4.69) is 5.32 Å². The molecule has 7 heteroatoms. The second-order valence-electron chi connectivity index (χ2n) is 4.47. The fraction of sp³-hybridized carbons (Fsp3) is 0.462. The molecule has 0 aliphatic heterocycles. The summed E-state index contributed by atoms with van der Waals surface area (Å²) >= 11 is 0. The molecule has 0 amide bonds. The van der Waals surface area contributed by atoms with Gasteiger partial charge in [0.15, 0.2) is 0 Å². The summed E-state index contributed by atoms with van der Waals surface area (Å²) in [5.74, 6) is -0.867. The molecule has 1 rings (SSSR count). The summed E-state index contributed by atoms with van der Waals surface area (Å²) in [6.07, 6.45) is 0.430. The lowest BCUT2D eigenvalue weighted by Gasteiger charge is -2.17. The van der Waals surface area contributed by atoms with Crippen molar-refractivity contribution < 1.29 is 18.3 Å². The Morgan fingerprint density at radius 1 is 1.30 bits per heavy atom. The van der Waals surface area contributed by atoms with E-state index in [0.717, 1.165) is 5.56 Å². The van der Waals surface area contributed by atoms with Crippen LogP contribution in [0.15, 0.2) is 29.2 Å². The van der Waals surface area contributed by atoms with E-state index in [0.29, 0.717) is 19.5 Å². The Kier molecular flexibility index (Phi) is 6.12. The molecule has 1 aromatic rings. The number of aryl methyl sites for hydroxylation is 1. The molecule has 0 heterocycles. The minimum atomic E-state index is -3.48. The maximum atomic E-state index is 12.2. The van der Waals surface area contributed by atoms with Gasteiger partial charge in [0, 0.05) is 26.6 Å². The number of sulfonamides is 1. The minimum Gasteiger partial charge on any atom is -0.481 e. The highest BCUT2D eigenvalue weighted by Gasteiger charge is 2.19. The molecule has 0 bridgehead atoms. The first-order valence-electron chi connectivity index (χ1n) is 6.29. The van der Waals surface area contributed by atoms with E-state index < -0.39 is 16.0 Å². The molecule has 6 nitrogen and oxygen atoms in total. The Morgan fingerprint density at radius 3 is 2.40 bits per heavy atom. The number of carbonyl (C=O) groups is 1. The number of benzene rings is 1. The number of aliphatic carboxylic acids is 1. The van der Waals surface area contributed by atoms with Crippen LogP contribution in [0.5, 0.6) is 0 Å². The summed E-state index contributed by atoms with van der Waals surface area (Å²) in [6.45, 7) is 0.964. The molecule has 0 unspecified atom stereocenters. The normalized spacial score (nSPS) is 11.8. The molecule has 20 heavy (non-hydrogen) atoms. The summed E-state index contributed by atoms with van der Waals surface area (Å²) in [6, 6.07) is 6.34. The average Bonchev–Trinajstić information content (AvgIpc) is 2.42. The van der Waals surface area contributed by atoms with Gasteiger partial charge in [0.1, 0.15) is 0 Å². The van der Waals surface area contributed by atoms with E-state index in [1.165, 1.54) is 23.5 Å². The number of carboxylic acids is 1. The third-order valence-corrected chi connectivity index (χ3v) is 4.81. The molecule has 0 aromatic heterocycles. The van der Waals surface area contributed by atoms with E-state index in [1.807, 2.05) is 0 Å². The first-order valence-corrected chi connectivity index (χ1v) is 7.73. The zero-order chi connectivity index (χ0) is 15.2. The fourth-order valence-corrected chi connectivity index (χ4v) is 2.82. The summed E-state index contributed by atoms with van der Waals surface area (Å²) in [7, 11) is -0.188. The molecule has 0 aliphatic carbocycles. The zero-order valence-corrected chi connectivity index (χ0v) is 12.5. The monoisotopic (exact) mass is 300 g/mol. The molecule has 0 atom stereocenters. The van der Waals surface area contributed by atoms with Crippen molar-refractivity contribution in [2.45, 2.75) is 17.7 Å². The predicted molar refractivity (Wildman–Crippen MR) is 76.1 cm³/mol. The highest BCUT2D eigenvalue weighted by molar-refractivity contribution is 7.89. The van der Waals surface area contributed by atoms with Crippen LogP contribution >= 0.6 is 0 Å². The topological polar surface area (TPSA) is 86.7 Å². The lowest BCUT2D eigenvalue weighted by molar-refractivity contribution is -0.136. The highest BCUT2D eigenvalue weighted by atomic mass is 32.2. The molecule has 0 radical (unpaired) electrons. The van der Waals surface area contributed by atoms with E-state index in [-0.39, 0.29) is 11.3 Å². The first kappa shape index (κ1) is 16.6. The van der Waals surface area contributed by atoms with Gasteiger partial charge < -0.3 is 10.4 Å². The highest BCUT2D eigenvalue weighted by Crippen LogP contribution is 2.15. The lowest BCUT2D eigenvalue weighted by Crippen LogP contribution is -2.32. The van der Waals surface area contributed by atoms with Crippen molar-refractivity contribution in [3.63, 3.8) is 0 Å². The van der Waals surface area contributed by atoms with E-state index in [4.69, 9.17) is 5.11 Å². The van der Waals surface area contributed by atoms with Gasteiger partial charge in [-0.25, -0.2) is 8.42 Å². The Morgan fingerprint density at radius 2 is 1.90 bits per heavy atom. The van der Waals surface area contributed by atoms with Crippen LogP contribution < -0.4 is 5.32 Å². The summed E-state index contributed by atoms with van der Waals surface area (Å²) in [5, 5.41) is 11.5. The Hall–Kier alpha value is -1.44. The van der Waals surface area contributed by atoms with Crippen molar-refractivity contribution in [1.82, 2.24) is 9.62 Å². The molecule has 112 valence electrons. The van der Waals surface area contributed by atoms with Crippen LogP contribution in [0.25, 0.3) is 0 Å². The maximum Gasteiger partial charge on any atom is 0.303 e. The van der Waals surface area contributed by atoms with Crippen LogP contribution in [0.4, 0.5) is 0 Å². The molecule has 0 saturated carbocycles. The van der Waals surface area contributed by atoms with Gasteiger partial charge in [-0.1, -0.05) is 12.1 Å². The number of nitrogens with one attached hydrogen (secondary N) is 1. The summed E-state index contributed by atoms with van der Waals surface area (Å²) in [4.78, 5) is 10.7. The van der Waals surface area contributed by atoms with Crippen molar-refractivity contribution in [3.8, 4) is 0 Å². The average molecular weight is 300 g/mol. The molecular weight excluding hydrogens is 280 g/mol. The zero-order valence-electron chi connectivity index (χ0n) is 11.7. The Labute approximate surface area is 119 Å². The molecule has 0 saturated heterocycles. The van der Waals surface area contributed by atoms with E-state index in [1.54, 1.807) is 19.2 Å². The third kappa shape index (κ3) is 4.59. The number of rotatable bonds is 8. The molecule has 0 aliphatic rings. The van der Waals surface area contributed by atoms with Crippen molar-refractivity contribution in [2.75, 3.05) is 27.2 Å². The van der Waals surface area contributed by atoms with Gasteiger partial charge in [-0.3, -0.25) is 4.79 Å². The van der Waals surface area contributed by atoms with Crippen molar-refractivity contribution >= 4 is 16.0 Å². The first-order chi connectivity index (χ1) is 9.37. The predicted octanol–water partition coefficient (Wildman–Crippen LogP) is 0.544. The van der Waals surface area contributed by atoms with Gasteiger partial charge in [-0.2, -0.15) is 4.31 Å². The Balaban J connectivity index is 2.78. The second-order valence-corrected chi connectivity index (χ2v) is 6.51. The Bertz CT molecular complexity index is 540. The standard InChI is InChI=1S/C13H20N2O4S/c1-14-9-10-15(2)20(18,19)12-6-3-11(4-7-12)5-8-13(16)17/h3-4,6-7,14H,5,8-10H2,1-2H3,(H,16,17). The summed E-state index contributed by atoms with van der Waals surface area (Å²) in [5.41, 5.74) is 0.809. The van der Waals surface area contributed by atoms with E-state index in [9.17, 15) is 13.2 Å². The maximum absolute atomic E-state index is 12.2. The van der Waals surface area contributed by atoms with Crippen LogP contribution in [-0.4, -0.2) is 51.0 Å². The number of carboxylic acid groups (broad SMARTS) is 1. The number of likely N-dealkylation sites (N-methyl/N-ethyl adjacent to an activating group) is 2. The van der Waals surface area contributed by atoms with Crippen LogP contribution in [0.2, 0.25) is 0 Å². The SMILES string of the molecule is CNCCN(C)S(=O)(=O)c1ccc(CCC(=O)O)cc1. The summed E-state index contributed by atoms with van der Waals surface area (Å²) < 4.78 is 25.7. The third-order valence-electron chi connectivity index (χ3n) is 2.94. The minimum absolute atomic E-state index is 0.0359. The number of hydrogen-bond donors (Lipinski definition) is 2. The molecule has 2 N–H and O–H groups in total. The van der Waals surface area contributed by atoms with Gasteiger partial charge in [0.25, 0.3) is 0 Å². The van der Waals surface area contributed by atoms with Gasteiger partial charge >= 0.3 is 5.97 Å². The van der Waals surface area contributed by atoms with Crippen LogP contribution in [0.1, 0.15) is 12.0 Å².